The van der Waals surface area contributed by atoms with Crippen LogP contribution in [0.2, 0.25) is 0 Å². The zero-order chi connectivity index (χ0) is 6.53. The maximum Gasteiger partial charge on any atom is 0.0137 e. The van der Waals surface area contributed by atoms with Crippen LogP contribution in [-0.4, -0.2) is 6.54 Å². The van der Waals surface area contributed by atoms with Gasteiger partial charge in [-0.2, -0.15) is 0 Å². The summed E-state index contributed by atoms with van der Waals surface area (Å²) in [6.07, 6.45) is 8.57. The Balaban J connectivity index is 2.28. The van der Waals surface area contributed by atoms with E-state index in [4.69, 9.17) is 5.73 Å². The van der Waals surface area contributed by atoms with Gasteiger partial charge in [-0.1, -0.05) is 11.6 Å². The molecule has 1 heteroatoms. The van der Waals surface area contributed by atoms with Crippen LogP contribution in [0.15, 0.2) is 11.6 Å². The summed E-state index contributed by atoms with van der Waals surface area (Å²) in [6, 6.07) is 0. The molecule has 51 valence electrons. The summed E-state index contributed by atoms with van der Waals surface area (Å²) in [6.45, 7) is 0.575. The van der Waals surface area contributed by atoms with Crippen molar-refractivity contribution in [3.63, 3.8) is 0 Å². The van der Waals surface area contributed by atoms with Gasteiger partial charge in [0.15, 0.2) is 0 Å². The Kier molecular flexibility index (Phi) is 2.78. The fourth-order valence-electron chi connectivity index (χ4n) is 1.29. The minimum atomic E-state index is 0.575. The average Bonchev–Trinajstić information content (AvgIpc) is 1.91. The Hall–Kier alpha value is -0.300. The van der Waals surface area contributed by atoms with Crippen molar-refractivity contribution in [2.75, 3.05) is 6.54 Å². The number of allylic oxidation sites excluding steroid dienone is 1. The molecule has 1 aliphatic rings. The lowest BCUT2D eigenvalue weighted by Gasteiger charge is -2.10. The highest BCUT2D eigenvalue weighted by atomic mass is 14.5. The average molecular weight is 124 g/mol. The van der Waals surface area contributed by atoms with Gasteiger partial charge in [0.25, 0.3) is 0 Å². The molecule has 0 aromatic heterocycles. The SMILES string of the molecule is [NH]CCC1=CCCCC1. The molecule has 0 amide bonds. The van der Waals surface area contributed by atoms with Crippen LogP contribution in [0, 0.1) is 0 Å². The second kappa shape index (κ2) is 3.67. The Morgan fingerprint density at radius 2 is 2.33 bits per heavy atom. The maximum atomic E-state index is 7.00. The molecule has 0 saturated carbocycles. The quantitative estimate of drug-likeness (QED) is 0.504. The molecule has 0 bridgehead atoms. The predicted octanol–water partition coefficient (Wildman–Crippen LogP) is 2.16. The van der Waals surface area contributed by atoms with Gasteiger partial charge in [0, 0.05) is 6.54 Å². The lowest BCUT2D eigenvalue weighted by molar-refractivity contribution is 0.674. The highest BCUT2D eigenvalue weighted by Gasteiger charge is 2.00. The molecular weight excluding hydrogens is 110 g/mol. The third kappa shape index (κ3) is 2.19. The smallest absolute Gasteiger partial charge is 0.0137 e. The molecule has 0 fully saturated rings. The van der Waals surface area contributed by atoms with Crippen LogP contribution in [0.1, 0.15) is 32.1 Å². The molecule has 0 unspecified atom stereocenters. The second-order valence-electron chi connectivity index (χ2n) is 2.61. The molecular formula is C8H14N. The van der Waals surface area contributed by atoms with Gasteiger partial charge in [-0.3, -0.25) is 5.73 Å². The van der Waals surface area contributed by atoms with Gasteiger partial charge in [0.05, 0.1) is 0 Å². The number of hydrogen-bond donors (Lipinski definition) is 0. The van der Waals surface area contributed by atoms with E-state index in [-0.39, 0.29) is 0 Å². The Labute approximate surface area is 56.9 Å². The van der Waals surface area contributed by atoms with E-state index in [2.05, 4.69) is 6.08 Å². The zero-order valence-corrected chi connectivity index (χ0v) is 5.82. The minimum Gasteiger partial charge on any atom is -0.258 e. The first kappa shape index (κ1) is 6.81. The molecule has 1 nitrogen and oxygen atoms in total. The van der Waals surface area contributed by atoms with E-state index in [9.17, 15) is 0 Å². The van der Waals surface area contributed by atoms with Crippen LogP contribution in [0.4, 0.5) is 0 Å². The third-order valence-corrected chi connectivity index (χ3v) is 1.83. The summed E-state index contributed by atoms with van der Waals surface area (Å²) in [5.74, 6) is 0. The number of nitrogens with one attached hydrogen (secondary N) is 1. The van der Waals surface area contributed by atoms with Crippen molar-refractivity contribution in [1.82, 2.24) is 5.73 Å². The molecule has 0 spiro atoms. The Morgan fingerprint density at radius 1 is 1.44 bits per heavy atom. The third-order valence-electron chi connectivity index (χ3n) is 1.83. The van der Waals surface area contributed by atoms with Gasteiger partial charge >= 0.3 is 0 Å². The summed E-state index contributed by atoms with van der Waals surface area (Å²) in [7, 11) is 0. The van der Waals surface area contributed by atoms with Crippen molar-refractivity contribution < 1.29 is 0 Å². The standard InChI is InChI=1S/C8H14N/c9-7-6-8-4-2-1-3-5-8/h4,9H,1-3,5-7H2. The van der Waals surface area contributed by atoms with Crippen molar-refractivity contribution in [1.29, 1.82) is 0 Å². The van der Waals surface area contributed by atoms with Gasteiger partial charge in [-0.15, -0.1) is 0 Å². The fraction of sp³-hybridized carbons (Fsp3) is 0.750. The maximum absolute atomic E-state index is 7.00. The number of hydrogen-bond acceptors (Lipinski definition) is 0. The van der Waals surface area contributed by atoms with E-state index in [1.807, 2.05) is 0 Å². The topological polar surface area (TPSA) is 23.8 Å². The van der Waals surface area contributed by atoms with Gasteiger partial charge in [-0.25, -0.2) is 0 Å². The predicted molar refractivity (Wildman–Crippen MR) is 39.1 cm³/mol. The van der Waals surface area contributed by atoms with Crippen LogP contribution in [0.3, 0.4) is 0 Å². The van der Waals surface area contributed by atoms with E-state index in [1.165, 1.54) is 31.3 Å². The van der Waals surface area contributed by atoms with Crippen molar-refractivity contribution >= 4 is 0 Å². The molecule has 0 aromatic rings. The largest absolute Gasteiger partial charge is 0.258 e. The molecule has 1 aliphatic carbocycles. The summed E-state index contributed by atoms with van der Waals surface area (Å²) in [5.41, 5.74) is 8.52. The van der Waals surface area contributed by atoms with Crippen LogP contribution < -0.4 is 5.73 Å². The van der Waals surface area contributed by atoms with Crippen LogP contribution in [-0.2, 0) is 0 Å². The van der Waals surface area contributed by atoms with Crippen molar-refractivity contribution in [2.24, 2.45) is 0 Å². The molecule has 1 radical (unpaired) electrons. The second-order valence-corrected chi connectivity index (χ2v) is 2.61. The molecule has 1 rings (SSSR count). The summed E-state index contributed by atoms with van der Waals surface area (Å²) in [5, 5.41) is 0. The van der Waals surface area contributed by atoms with Gasteiger partial charge in [0.2, 0.25) is 0 Å². The van der Waals surface area contributed by atoms with Crippen molar-refractivity contribution in [3.05, 3.63) is 11.6 Å². The Morgan fingerprint density at radius 3 is 2.89 bits per heavy atom. The van der Waals surface area contributed by atoms with Crippen LogP contribution in [0.25, 0.3) is 0 Å². The zero-order valence-electron chi connectivity index (χ0n) is 5.82. The van der Waals surface area contributed by atoms with Gasteiger partial charge in [0.1, 0.15) is 0 Å². The van der Waals surface area contributed by atoms with E-state index >= 15 is 0 Å². The first-order valence-corrected chi connectivity index (χ1v) is 3.76. The Bertz CT molecular complexity index is 105. The van der Waals surface area contributed by atoms with Gasteiger partial charge in [-0.05, 0) is 32.1 Å². The summed E-state index contributed by atoms with van der Waals surface area (Å²) >= 11 is 0. The summed E-state index contributed by atoms with van der Waals surface area (Å²) < 4.78 is 0. The van der Waals surface area contributed by atoms with E-state index in [0.717, 1.165) is 6.42 Å². The lowest BCUT2D eigenvalue weighted by Crippen LogP contribution is -1.94. The molecule has 1 N–H and O–H groups in total. The first-order chi connectivity index (χ1) is 4.43. The number of rotatable bonds is 2. The monoisotopic (exact) mass is 124 g/mol. The van der Waals surface area contributed by atoms with Crippen molar-refractivity contribution in [2.45, 2.75) is 32.1 Å². The normalized spacial score (nSPS) is 19.4. The molecule has 0 heterocycles. The highest BCUT2D eigenvalue weighted by molar-refractivity contribution is 5.04. The van der Waals surface area contributed by atoms with Crippen LogP contribution in [0.5, 0.6) is 0 Å². The van der Waals surface area contributed by atoms with Crippen LogP contribution >= 0.6 is 0 Å². The lowest BCUT2D eigenvalue weighted by atomic mass is 9.97. The molecule has 9 heavy (non-hydrogen) atoms. The highest BCUT2D eigenvalue weighted by Crippen LogP contribution is 2.18. The minimum absolute atomic E-state index is 0.575. The van der Waals surface area contributed by atoms with Crippen molar-refractivity contribution in [3.8, 4) is 0 Å². The molecule has 0 aromatic carbocycles. The van der Waals surface area contributed by atoms with Gasteiger partial charge < -0.3 is 0 Å². The van der Waals surface area contributed by atoms with E-state index in [0.29, 0.717) is 6.54 Å². The summed E-state index contributed by atoms with van der Waals surface area (Å²) in [4.78, 5) is 0. The molecule has 0 atom stereocenters. The first-order valence-electron chi connectivity index (χ1n) is 3.76. The fourth-order valence-corrected chi connectivity index (χ4v) is 1.29. The molecule has 0 saturated heterocycles. The van der Waals surface area contributed by atoms with E-state index < -0.39 is 0 Å². The van der Waals surface area contributed by atoms with E-state index in [1.54, 1.807) is 0 Å². The molecule has 0 aliphatic heterocycles.